The van der Waals surface area contributed by atoms with Gasteiger partial charge in [0.1, 0.15) is 22.6 Å². The number of thioether (sulfide) groups is 1. The van der Waals surface area contributed by atoms with Gasteiger partial charge in [0, 0.05) is 16.9 Å². The highest BCUT2D eigenvalue weighted by atomic mass is 32.2. The molecule has 0 saturated heterocycles. The second-order valence-electron chi connectivity index (χ2n) is 9.87. The van der Waals surface area contributed by atoms with E-state index >= 15 is 0 Å². The molecule has 2 aliphatic rings. The summed E-state index contributed by atoms with van der Waals surface area (Å²) in [6, 6.07) is 15.0. The molecule has 3 heterocycles. The minimum absolute atomic E-state index is 0.0689. The molecule has 9 nitrogen and oxygen atoms in total. The van der Waals surface area contributed by atoms with Crippen LogP contribution in [0.25, 0.3) is 27.9 Å². The van der Waals surface area contributed by atoms with E-state index in [1.54, 1.807) is 23.3 Å². The van der Waals surface area contributed by atoms with E-state index in [0.29, 0.717) is 39.4 Å². The summed E-state index contributed by atoms with van der Waals surface area (Å²) < 4.78 is 12.7. The molecule has 2 aromatic carbocycles. The van der Waals surface area contributed by atoms with Crippen LogP contribution in [0.3, 0.4) is 0 Å². The van der Waals surface area contributed by atoms with Crippen molar-refractivity contribution in [1.82, 2.24) is 19.9 Å². The van der Waals surface area contributed by atoms with Crippen molar-refractivity contribution in [3.63, 3.8) is 0 Å². The number of carbonyl (C=O) groups excluding carboxylic acids is 2. The van der Waals surface area contributed by atoms with Crippen molar-refractivity contribution in [3.05, 3.63) is 64.7 Å². The van der Waals surface area contributed by atoms with Gasteiger partial charge in [0.25, 0.3) is 5.91 Å². The third-order valence-corrected chi connectivity index (χ3v) is 8.87. The zero-order chi connectivity index (χ0) is 27.8. The van der Waals surface area contributed by atoms with E-state index in [1.165, 1.54) is 0 Å². The van der Waals surface area contributed by atoms with Crippen LogP contribution in [0.15, 0.2) is 59.1 Å². The number of ether oxygens (including phenoxy) is 2. The van der Waals surface area contributed by atoms with E-state index in [2.05, 4.69) is 5.32 Å². The van der Waals surface area contributed by atoms with Gasteiger partial charge in [-0.3, -0.25) is 9.36 Å². The lowest BCUT2D eigenvalue weighted by atomic mass is 9.84. The van der Waals surface area contributed by atoms with Crippen LogP contribution in [0.1, 0.15) is 49.9 Å². The molecule has 40 heavy (non-hydrogen) atoms. The minimum atomic E-state index is -0.431. The fourth-order valence-corrected chi connectivity index (χ4v) is 7.21. The number of benzene rings is 2. The van der Waals surface area contributed by atoms with Crippen LogP contribution in [0.4, 0.5) is 5.82 Å². The molecule has 1 saturated carbocycles. The Morgan fingerprint density at radius 3 is 2.48 bits per heavy atom. The summed E-state index contributed by atoms with van der Waals surface area (Å²) in [7, 11) is 0. The number of hydrogen-bond acceptors (Lipinski definition) is 8. The Hall–Kier alpha value is -4.05. The molecule has 2 unspecified atom stereocenters. The summed E-state index contributed by atoms with van der Waals surface area (Å²) in [6.45, 7) is 4.55. The molecule has 2 atom stereocenters. The monoisotopic (exact) mass is 557 g/mol. The fraction of sp³-hybridized carbons (Fsp3) is 0.333. The number of hydrogen-bond donors (Lipinski definition) is 2. The summed E-state index contributed by atoms with van der Waals surface area (Å²) >= 11 is 1.55. The van der Waals surface area contributed by atoms with Gasteiger partial charge in [0.15, 0.2) is 5.65 Å². The fourth-order valence-electron chi connectivity index (χ4n) is 5.67. The second-order valence-corrected chi connectivity index (χ2v) is 11.1. The van der Waals surface area contributed by atoms with Crippen LogP contribution in [0, 0.1) is 5.92 Å². The van der Waals surface area contributed by atoms with Gasteiger partial charge in [-0.05, 0) is 63.1 Å². The molecule has 206 valence electrons. The standard InChI is InChI=1S/C30H31N5O4S/c1-3-38-18-15-13-17(14-16-18)35-26(31)24(25-27(35)33-21-11-7-6-10-20(21)32-25)28(36)34-29-23(30(37)39-4-2)19-9-5-8-12-22(19)40-29/h6-7,10-11,13-16,19,22H,3-5,8-9,12,31H2,1-2H3,(H,34,36). The zero-order valence-corrected chi connectivity index (χ0v) is 23.3. The van der Waals surface area contributed by atoms with Crippen LogP contribution < -0.4 is 15.8 Å². The number of nitrogens with one attached hydrogen (secondary N) is 1. The van der Waals surface area contributed by atoms with Crippen LogP contribution >= 0.6 is 11.8 Å². The van der Waals surface area contributed by atoms with E-state index in [-0.39, 0.29) is 35.1 Å². The predicted octanol–water partition coefficient (Wildman–Crippen LogP) is 5.36. The first-order valence-corrected chi connectivity index (χ1v) is 14.6. The maximum Gasteiger partial charge on any atom is 0.336 e. The van der Waals surface area contributed by atoms with Crippen molar-refractivity contribution >= 4 is 51.7 Å². The molecular formula is C30H31N5O4S. The Morgan fingerprint density at radius 2 is 1.75 bits per heavy atom. The summed E-state index contributed by atoms with van der Waals surface area (Å²) in [4.78, 5) is 36.7. The third-order valence-electron chi connectivity index (χ3n) is 7.44. The van der Waals surface area contributed by atoms with Crippen LogP contribution in [-0.2, 0) is 9.53 Å². The lowest BCUT2D eigenvalue weighted by Crippen LogP contribution is -2.26. The number of nitrogens with two attached hydrogens (primary N) is 1. The van der Waals surface area contributed by atoms with Gasteiger partial charge >= 0.3 is 5.97 Å². The molecule has 1 amide bonds. The highest BCUT2D eigenvalue weighted by Crippen LogP contribution is 2.48. The predicted molar refractivity (Wildman–Crippen MR) is 156 cm³/mol. The molecule has 6 rings (SSSR count). The molecule has 2 aromatic heterocycles. The number of amides is 1. The molecule has 0 bridgehead atoms. The SMILES string of the molecule is CCOC(=O)C1=C(NC(=O)c2c(N)n(-c3ccc(OCC)cc3)c3nc4ccccc4nc23)SC2CCCCC12. The topological polar surface area (TPSA) is 121 Å². The van der Waals surface area contributed by atoms with E-state index < -0.39 is 5.91 Å². The number of nitrogen functional groups attached to an aromatic ring is 1. The Bertz CT molecular complexity index is 1650. The minimum Gasteiger partial charge on any atom is -0.494 e. The maximum absolute atomic E-state index is 14.0. The number of para-hydroxylation sites is 2. The summed E-state index contributed by atoms with van der Waals surface area (Å²) in [6.07, 6.45) is 4.06. The molecule has 1 aliphatic heterocycles. The third kappa shape index (κ3) is 4.56. The van der Waals surface area contributed by atoms with Crippen molar-refractivity contribution < 1.29 is 19.1 Å². The molecule has 1 fully saturated rings. The molecule has 4 aromatic rings. The Balaban J connectivity index is 1.47. The number of fused-ring (bicyclic) bond motifs is 3. The van der Waals surface area contributed by atoms with Crippen molar-refractivity contribution in [2.75, 3.05) is 18.9 Å². The quantitative estimate of drug-likeness (QED) is 0.291. The summed E-state index contributed by atoms with van der Waals surface area (Å²) in [5.74, 6) is 0.217. The van der Waals surface area contributed by atoms with Gasteiger partial charge in [-0.2, -0.15) is 0 Å². The molecule has 10 heteroatoms. The molecular weight excluding hydrogens is 526 g/mol. The van der Waals surface area contributed by atoms with Crippen molar-refractivity contribution in [1.29, 1.82) is 0 Å². The summed E-state index contributed by atoms with van der Waals surface area (Å²) in [5, 5.41) is 3.83. The highest BCUT2D eigenvalue weighted by Gasteiger charge is 2.42. The van der Waals surface area contributed by atoms with Gasteiger partial charge < -0.3 is 20.5 Å². The first-order valence-electron chi connectivity index (χ1n) is 13.7. The normalized spacial score (nSPS) is 18.6. The lowest BCUT2D eigenvalue weighted by Gasteiger charge is -2.25. The Labute approximate surface area is 236 Å². The van der Waals surface area contributed by atoms with Crippen molar-refractivity contribution in [2.45, 2.75) is 44.8 Å². The maximum atomic E-state index is 14.0. The van der Waals surface area contributed by atoms with E-state index in [1.807, 2.05) is 55.5 Å². The van der Waals surface area contributed by atoms with Gasteiger partial charge in [-0.25, -0.2) is 14.8 Å². The smallest absolute Gasteiger partial charge is 0.336 e. The van der Waals surface area contributed by atoms with Gasteiger partial charge in [-0.15, -0.1) is 11.8 Å². The number of nitrogens with zero attached hydrogens (tertiary/aromatic N) is 3. The van der Waals surface area contributed by atoms with Crippen molar-refractivity contribution in [2.24, 2.45) is 5.92 Å². The highest BCUT2D eigenvalue weighted by molar-refractivity contribution is 8.04. The molecule has 1 aliphatic carbocycles. The van der Waals surface area contributed by atoms with Crippen LogP contribution in [-0.4, -0.2) is 44.9 Å². The average Bonchev–Trinajstić information content (AvgIpc) is 3.46. The van der Waals surface area contributed by atoms with Gasteiger partial charge in [-0.1, -0.05) is 25.0 Å². The zero-order valence-electron chi connectivity index (χ0n) is 22.5. The number of anilines is 1. The number of aromatic nitrogens is 3. The molecule has 0 spiro atoms. The van der Waals surface area contributed by atoms with E-state index in [0.717, 1.165) is 37.1 Å². The number of esters is 1. The number of carbonyl (C=O) groups is 2. The van der Waals surface area contributed by atoms with Gasteiger partial charge in [0.2, 0.25) is 0 Å². The van der Waals surface area contributed by atoms with Gasteiger partial charge in [0.05, 0.1) is 34.8 Å². The first kappa shape index (κ1) is 26.2. The average molecular weight is 558 g/mol. The Kier molecular flexibility index (Phi) is 7.10. The molecule has 3 N–H and O–H groups in total. The second kappa shape index (κ2) is 10.8. The first-order chi connectivity index (χ1) is 19.5. The van der Waals surface area contributed by atoms with E-state index in [4.69, 9.17) is 25.2 Å². The summed E-state index contributed by atoms with van der Waals surface area (Å²) in [5.41, 5.74) is 10.4. The molecule has 0 radical (unpaired) electrons. The largest absolute Gasteiger partial charge is 0.494 e. The van der Waals surface area contributed by atoms with Crippen LogP contribution in [0.5, 0.6) is 5.75 Å². The number of rotatable bonds is 7. The Morgan fingerprint density at radius 1 is 1.02 bits per heavy atom. The van der Waals surface area contributed by atoms with Crippen LogP contribution in [0.2, 0.25) is 0 Å². The van der Waals surface area contributed by atoms with Crippen molar-refractivity contribution in [3.8, 4) is 11.4 Å². The van der Waals surface area contributed by atoms with E-state index in [9.17, 15) is 9.59 Å². The lowest BCUT2D eigenvalue weighted by molar-refractivity contribution is -0.139.